The minimum atomic E-state index is -0.132. The summed E-state index contributed by atoms with van der Waals surface area (Å²) in [6.07, 6.45) is 2.97. The summed E-state index contributed by atoms with van der Waals surface area (Å²) >= 11 is 0. The van der Waals surface area contributed by atoms with Gasteiger partial charge in [0.15, 0.2) is 11.5 Å². The fourth-order valence-corrected chi connectivity index (χ4v) is 3.47. The van der Waals surface area contributed by atoms with Crippen LogP contribution in [0.4, 0.5) is 5.69 Å². The van der Waals surface area contributed by atoms with Crippen LogP contribution in [0.15, 0.2) is 36.4 Å². The minimum Gasteiger partial charge on any atom is -0.486 e. The van der Waals surface area contributed by atoms with Crippen molar-refractivity contribution >= 4 is 11.6 Å². The van der Waals surface area contributed by atoms with Crippen LogP contribution < -0.4 is 20.5 Å². The van der Waals surface area contributed by atoms with E-state index in [1.165, 1.54) is 5.56 Å². The molecule has 1 amide bonds. The first-order valence-corrected chi connectivity index (χ1v) is 8.30. The number of rotatable bonds is 2. The van der Waals surface area contributed by atoms with Gasteiger partial charge in [-0.1, -0.05) is 12.1 Å². The Kier molecular flexibility index (Phi) is 3.76. The molecule has 1 aliphatic carbocycles. The average Bonchev–Trinajstić information content (AvgIpc) is 2.61. The van der Waals surface area contributed by atoms with Gasteiger partial charge in [-0.25, -0.2) is 0 Å². The molecule has 0 bridgehead atoms. The first kappa shape index (κ1) is 14.9. The van der Waals surface area contributed by atoms with Gasteiger partial charge >= 0.3 is 0 Å². The summed E-state index contributed by atoms with van der Waals surface area (Å²) in [5.41, 5.74) is 9.55. The molecule has 4 rings (SSSR count). The van der Waals surface area contributed by atoms with Gasteiger partial charge in [0.25, 0.3) is 5.91 Å². The Hall–Kier alpha value is -2.69. The highest BCUT2D eigenvalue weighted by Crippen LogP contribution is 2.35. The zero-order valence-electron chi connectivity index (χ0n) is 13.4. The Morgan fingerprint density at radius 1 is 1.17 bits per heavy atom. The second-order valence-electron chi connectivity index (χ2n) is 6.21. The largest absolute Gasteiger partial charge is 0.486 e. The van der Waals surface area contributed by atoms with Crippen molar-refractivity contribution in [2.75, 3.05) is 18.9 Å². The van der Waals surface area contributed by atoms with E-state index in [9.17, 15) is 4.79 Å². The fraction of sp³-hybridized carbons (Fsp3) is 0.316. The topological polar surface area (TPSA) is 73.6 Å². The molecule has 5 heteroatoms. The van der Waals surface area contributed by atoms with Crippen molar-refractivity contribution in [3.8, 4) is 11.5 Å². The summed E-state index contributed by atoms with van der Waals surface area (Å²) < 4.78 is 11.2. The number of anilines is 1. The van der Waals surface area contributed by atoms with Gasteiger partial charge in [0.1, 0.15) is 13.2 Å². The zero-order chi connectivity index (χ0) is 16.5. The van der Waals surface area contributed by atoms with Crippen molar-refractivity contribution in [2.24, 2.45) is 0 Å². The van der Waals surface area contributed by atoms with Crippen LogP contribution in [0.5, 0.6) is 11.5 Å². The van der Waals surface area contributed by atoms with E-state index in [4.69, 9.17) is 15.2 Å². The third-order valence-electron chi connectivity index (χ3n) is 4.60. The molecule has 124 valence electrons. The van der Waals surface area contributed by atoms with E-state index in [0.717, 1.165) is 30.5 Å². The molecule has 1 atom stereocenters. The molecule has 1 heterocycles. The number of amides is 1. The predicted octanol–water partition coefficient (Wildman–Crippen LogP) is 2.85. The number of hydrogen-bond donors (Lipinski definition) is 2. The number of nitrogens with two attached hydrogens (primary N) is 1. The molecule has 2 aliphatic rings. The highest BCUT2D eigenvalue weighted by atomic mass is 16.6. The van der Waals surface area contributed by atoms with Crippen molar-refractivity contribution < 1.29 is 14.3 Å². The summed E-state index contributed by atoms with van der Waals surface area (Å²) in [7, 11) is 0. The van der Waals surface area contributed by atoms with Gasteiger partial charge in [-0.2, -0.15) is 0 Å². The second-order valence-corrected chi connectivity index (χ2v) is 6.21. The smallest absolute Gasteiger partial charge is 0.255 e. The van der Waals surface area contributed by atoms with Crippen molar-refractivity contribution in [3.63, 3.8) is 0 Å². The second kappa shape index (κ2) is 6.07. The zero-order valence-corrected chi connectivity index (χ0v) is 13.4. The van der Waals surface area contributed by atoms with Crippen molar-refractivity contribution in [1.29, 1.82) is 0 Å². The fourth-order valence-electron chi connectivity index (χ4n) is 3.47. The summed E-state index contributed by atoms with van der Waals surface area (Å²) in [6.45, 7) is 0.971. The summed E-state index contributed by atoms with van der Waals surface area (Å²) in [5.74, 6) is 1.03. The number of benzene rings is 2. The molecule has 1 aliphatic heterocycles. The Morgan fingerprint density at radius 2 is 2.04 bits per heavy atom. The van der Waals surface area contributed by atoms with Crippen molar-refractivity contribution in [1.82, 2.24) is 5.32 Å². The Morgan fingerprint density at radius 3 is 2.96 bits per heavy atom. The molecule has 0 aromatic heterocycles. The van der Waals surface area contributed by atoms with Crippen LogP contribution in [0.25, 0.3) is 0 Å². The number of para-hydroxylation sites is 1. The maximum atomic E-state index is 12.8. The highest BCUT2D eigenvalue weighted by Gasteiger charge is 2.25. The van der Waals surface area contributed by atoms with E-state index >= 15 is 0 Å². The number of carbonyl (C=O) groups is 1. The molecule has 0 saturated heterocycles. The molecule has 2 aromatic carbocycles. The summed E-state index contributed by atoms with van der Waals surface area (Å²) in [4.78, 5) is 12.8. The van der Waals surface area contributed by atoms with Crippen LogP contribution >= 0.6 is 0 Å². The maximum Gasteiger partial charge on any atom is 0.255 e. The number of ether oxygens (including phenoxy) is 2. The lowest BCUT2D eigenvalue weighted by molar-refractivity contribution is 0.0921. The number of nitrogens with one attached hydrogen (secondary N) is 1. The number of fused-ring (bicyclic) bond motifs is 2. The Bertz CT molecular complexity index is 788. The van der Waals surface area contributed by atoms with E-state index in [1.54, 1.807) is 6.07 Å². The normalized spacial score (nSPS) is 18.6. The van der Waals surface area contributed by atoms with Crippen molar-refractivity contribution in [2.45, 2.75) is 25.3 Å². The van der Waals surface area contributed by atoms with E-state index in [0.29, 0.717) is 30.3 Å². The molecular formula is C19H20N2O3. The van der Waals surface area contributed by atoms with Gasteiger partial charge in [-0.05, 0) is 54.7 Å². The van der Waals surface area contributed by atoms with Gasteiger partial charge < -0.3 is 20.5 Å². The third kappa shape index (κ3) is 2.66. The van der Waals surface area contributed by atoms with Crippen LogP contribution in [-0.4, -0.2) is 19.1 Å². The molecule has 0 fully saturated rings. The SMILES string of the molecule is Nc1ccc2c(c1)CCCC2NC(=O)c1cccc2c1OCCO2. The number of nitrogen functional groups attached to an aromatic ring is 1. The molecule has 0 saturated carbocycles. The van der Waals surface area contributed by atoms with Crippen LogP contribution in [0.2, 0.25) is 0 Å². The summed E-state index contributed by atoms with van der Waals surface area (Å²) in [5, 5.41) is 3.15. The quantitative estimate of drug-likeness (QED) is 0.833. The Balaban J connectivity index is 1.60. The first-order valence-electron chi connectivity index (χ1n) is 8.30. The maximum absolute atomic E-state index is 12.8. The molecular weight excluding hydrogens is 304 g/mol. The lowest BCUT2D eigenvalue weighted by atomic mass is 9.87. The number of hydrogen-bond acceptors (Lipinski definition) is 4. The lowest BCUT2D eigenvalue weighted by Crippen LogP contribution is -2.32. The standard InChI is InChI=1S/C19H20N2O3/c20-13-7-8-14-12(11-13)3-1-5-16(14)21-19(22)15-4-2-6-17-18(15)24-10-9-23-17/h2,4,6-8,11,16H,1,3,5,9-10,20H2,(H,21,22). The highest BCUT2D eigenvalue weighted by molar-refractivity contribution is 5.98. The molecule has 3 N–H and O–H groups in total. The number of carbonyl (C=O) groups excluding carboxylic acids is 1. The van der Waals surface area contributed by atoms with Crippen LogP contribution in [-0.2, 0) is 6.42 Å². The molecule has 0 radical (unpaired) electrons. The molecule has 1 unspecified atom stereocenters. The molecule has 5 nitrogen and oxygen atoms in total. The molecule has 0 spiro atoms. The van der Waals surface area contributed by atoms with Gasteiger partial charge in [-0.15, -0.1) is 0 Å². The predicted molar refractivity (Wildman–Crippen MR) is 91.4 cm³/mol. The van der Waals surface area contributed by atoms with Crippen molar-refractivity contribution in [3.05, 3.63) is 53.1 Å². The van der Waals surface area contributed by atoms with E-state index in [2.05, 4.69) is 5.32 Å². The lowest BCUT2D eigenvalue weighted by Gasteiger charge is -2.27. The van der Waals surface area contributed by atoms with Gasteiger partial charge in [-0.3, -0.25) is 4.79 Å². The van der Waals surface area contributed by atoms with Crippen LogP contribution in [0, 0.1) is 0 Å². The molecule has 24 heavy (non-hydrogen) atoms. The van der Waals surface area contributed by atoms with Crippen LogP contribution in [0.3, 0.4) is 0 Å². The monoisotopic (exact) mass is 324 g/mol. The average molecular weight is 324 g/mol. The van der Waals surface area contributed by atoms with E-state index in [-0.39, 0.29) is 11.9 Å². The first-order chi connectivity index (χ1) is 11.7. The summed E-state index contributed by atoms with van der Waals surface area (Å²) in [6, 6.07) is 11.3. The Labute approximate surface area is 140 Å². The molecule has 2 aromatic rings. The van der Waals surface area contributed by atoms with E-state index in [1.807, 2.05) is 30.3 Å². The van der Waals surface area contributed by atoms with E-state index < -0.39 is 0 Å². The minimum absolute atomic E-state index is 0.00205. The van der Waals surface area contributed by atoms with Gasteiger partial charge in [0.2, 0.25) is 0 Å². The number of aryl methyl sites for hydroxylation is 1. The van der Waals surface area contributed by atoms with Crippen LogP contribution in [0.1, 0.15) is 40.4 Å². The third-order valence-corrected chi connectivity index (χ3v) is 4.60. The van der Waals surface area contributed by atoms with Gasteiger partial charge in [0.05, 0.1) is 11.6 Å². The van der Waals surface area contributed by atoms with Gasteiger partial charge in [0, 0.05) is 5.69 Å².